The molecule has 4 nitrogen and oxygen atoms in total. The van der Waals surface area contributed by atoms with Gasteiger partial charge < -0.3 is 0 Å². The first kappa shape index (κ1) is 13.0. The topological polar surface area (TPSA) is 53.6 Å². The van der Waals surface area contributed by atoms with Crippen LogP contribution in [0.5, 0.6) is 0 Å². The second-order valence-electron chi connectivity index (χ2n) is 5.80. The minimum atomic E-state index is -0.294. The Hall–Kier alpha value is -1.05. The van der Waals surface area contributed by atoms with Crippen LogP contribution in [-0.4, -0.2) is 21.4 Å². The number of hydrogen-bond donors (Lipinski definition) is 1. The van der Waals surface area contributed by atoms with Gasteiger partial charge >= 0.3 is 0 Å². The lowest BCUT2D eigenvalue weighted by Crippen LogP contribution is -2.48. The molecule has 1 N–H and O–H groups in total. The predicted molar refractivity (Wildman–Crippen MR) is 73.7 cm³/mol. The van der Waals surface area contributed by atoms with Gasteiger partial charge in [0.05, 0.1) is 17.3 Å². The third-order valence-electron chi connectivity index (χ3n) is 4.37. The average molecular weight is 279 g/mol. The van der Waals surface area contributed by atoms with Crippen LogP contribution in [0, 0.1) is 17.2 Å². The Morgan fingerprint density at radius 3 is 3.00 bits per heavy atom. The maximum Gasteiger partial charge on any atom is 0.109 e. The molecule has 0 aromatic carbocycles. The SMILES string of the molecule is N#CC1(NC2CC2)CCCC1CCn1cc(Cl)cn1. The van der Waals surface area contributed by atoms with E-state index in [1.165, 1.54) is 12.8 Å². The minimum absolute atomic E-state index is 0.294. The summed E-state index contributed by atoms with van der Waals surface area (Å²) in [5.41, 5.74) is -0.294. The molecule has 0 spiro atoms. The Bertz CT molecular complexity index is 488. The largest absolute Gasteiger partial charge is 0.296 e. The Kier molecular flexibility index (Phi) is 3.51. The van der Waals surface area contributed by atoms with Gasteiger partial charge in [0.25, 0.3) is 0 Å². The lowest BCUT2D eigenvalue weighted by molar-refractivity contribution is 0.284. The van der Waals surface area contributed by atoms with Crippen LogP contribution in [0.15, 0.2) is 12.4 Å². The fraction of sp³-hybridized carbons (Fsp3) is 0.714. The third kappa shape index (κ3) is 2.77. The third-order valence-corrected chi connectivity index (χ3v) is 4.56. The number of aryl methyl sites for hydroxylation is 1. The summed E-state index contributed by atoms with van der Waals surface area (Å²) in [7, 11) is 0. The van der Waals surface area contributed by atoms with Gasteiger partial charge in [0.2, 0.25) is 0 Å². The molecule has 0 bridgehead atoms. The molecule has 0 radical (unpaired) electrons. The molecule has 5 heteroatoms. The van der Waals surface area contributed by atoms with Crippen molar-refractivity contribution in [1.29, 1.82) is 5.26 Å². The van der Waals surface area contributed by atoms with Crippen LogP contribution in [0.2, 0.25) is 5.02 Å². The van der Waals surface area contributed by atoms with E-state index >= 15 is 0 Å². The lowest BCUT2D eigenvalue weighted by atomic mass is 9.85. The molecule has 0 saturated heterocycles. The van der Waals surface area contributed by atoms with Crippen molar-refractivity contribution in [3.8, 4) is 6.07 Å². The van der Waals surface area contributed by atoms with E-state index in [1.54, 1.807) is 6.20 Å². The van der Waals surface area contributed by atoms with Crippen LogP contribution in [-0.2, 0) is 6.54 Å². The fourth-order valence-electron chi connectivity index (χ4n) is 3.18. The number of aromatic nitrogens is 2. The van der Waals surface area contributed by atoms with E-state index in [1.807, 2.05) is 10.9 Å². The van der Waals surface area contributed by atoms with Gasteiger partial charge in [-0.05, 0) is 38.0 Å². The number of nitrogens with zero attached hydrogens (tertiary/aromatic N) is 3. The molecule has 0 amide bonds. The normalized spacial score (nSPS) is 30.4. The molecule has 2 saturated carbocycles. The van der Waals surface area contributed by atoms with Gasteiger partial charge in [-0.3, -0.25) is 10.00 Å². The first-order valence-corrected chi connectivity index (χ1v) is 7.46. The van der Waals surface area contributed by atoms with E-state index in [2.05, 4.69) is 16.5 Å². The van der Waals surface area contributed by atoms with Crippen molar-refractivity contribution < 1.29 is 0 Å². The Balaban J connectivity index is 1.63. The Morgan fingerprint density at radius 1 is 1.53 bits per heavy atom. The van der Waals surface area contributed by atoms with Crippen LogP contribution < -0.4 is 5.32 Å². The first-order valence-electron chi connectivity index (χ1n) is 7.09. The van der Waals surface area contributed by atoms with Crippen LogP contribution in [0.25, 0.3) is 0 Å². The van der Waals surface area contributed by atoms with E-state index in [-0.39, 0.29) is 5.54 Å². The van der Waals surface area contributed by atoms with E-state index in [4.69, 9.17) is 11.6 Å². The van der Waals surface area contributed by atoms with Crippen LogP contribution in [0.4, 0.5) is 0 Å². The minimum Gasteiger partial charge on any atom is -0.296 e. The van der Waals surface area contributed by atoms with Gasteiger partial charge in [-0.1, -0.05) is 18.0 Å². The summed E-state index contributed by atoms with van der Waals surface area (Å²) >= 11 is 5.87. The molecule has 19 heavy (non-hydrogen) atoms. The van der Waals surface area contributed by atoms with Gasteiger partial charge in [0, 0.05) is 18.8 Å². The molecule has 2 aliphatic carbocycles. The van der Waals surface area contributed by atoms with Crippen molar-refractivity contribution >= 4 is 11.6 Å². The molecular weight excluding hydrogens is 260 g/mol. The molecule has 1 aromatic heterocycles. The summed E-state index contributed by atoms with van der Waals surface area (Å²) in [5, 5.41) is 18.1. The summed E-state index contributed by atoms with van der Waals surface area (Å²) in [6.07, 6.45) is 10.2. The second kappa shape index (κ2) is 5.15. The van der Waals surface area contributed by atoms with Gasteiger partial charge in [-0.25, -0.2) is 0 Å². The molecule has 1 heterocycles. The van der Waals surface area contributed by atoms with Crippen molar-refractivity contribution in [3.63, 3.8) is 0 Å². The number of rotatable bonds is 5. The maximum atomic E-state index is 9.61. The zero-order valence-electron chi connectivity index (χ0n) is 11.0. The van der Waals surface area contributed by atoms with E-state index in [0.717, 1.165) is 32.2 Å². The molecule has 0 aliphatic heterocycles. The standard InChI is InChI=1S/C14H19ClN4/c15-12-8-17-19(9-12)7-5-11-2-1-6-14(11,10-16)18-13-3-4-13/h8-9,11,13,18H,1-7H2. The van der Waals surface area contributed by atoms with Crippen molar-refractivity contribution in [2.45, 2.75) is 56.7 Å². The zero-order chi connectivity index (χ0) is 13.3. The average Bonchev–Trinajstić information content (AvgIpc) is 2.97. The summed E-state index contributed by atoms with van der Waals surface area (Å²) in [4.78, 5) is 0. The van der Waals surface area contributed by atoms with Crippen molar-refractivity contribution in [2.75, 3.05) is 0 Å². The van der Waals surface area contributed by atoms with Gasteiger partial charge in [0.1, 0.15) is 5.54 Å². The zero-order valence-corrected chi connectivity index (χ0v) is 11.7. The number of nitrogens with one attached hydrogen (secondary N) is 1. The highest BCUT2D eigenvalue weighted by Crippen LogP contribution is 2.40. The van der Waals surface area contributed by atoms with E-state index < -0.39 is 0 Å². The molecule has 2 atom stereocenters. The molecule has 2 fully saturated rings. The summed E-state index contributed by atoms with van der Waals surface area (Å²) < 4.78 is 1.87. The van der Waals surface area contributed by atoms with E-state index in [0.29, 0.717) is 17.0 Å². The molecule has 2 unspecified atom stereocenters. The Morgan fingerprint density at radius 2 is 2.37 bits per heavy atom. The van der Waals surface area contributed by atoms with Gasteiger partial charge in [-0.15, -0.1) is 0 Å². The number of halogens is 1. The first-order chi connectivity index (χ1) is 9.22. The monoisotopic (exact) mass is 278 g/mol. The van der Waals surface area contributed by atoms with Crippen LogP contribution in [0.1, 0.15) is 38.5 Å². The second-order valence-corrected chi connectivity index (χ2v) is 6.24. The molecule has 2 aliphatic rings. The number of hydrogen-bond acceptors (Lipinski definition) is 3. The quantitative estimate of drug-likeness (QED) is 0.901. The van der Waals surface area contributed by atoms with Crippen molar-refractivity contribution in [3.05, 3.63) is 17.4 Å². The van der Waals surface area contributed by atoms with Crippen molar-refractivity contribution in [2.24, 2.45) is 5.92 Å². The summed E-state index contributed by atoms with van der Waals surface area (Å²) in [6, 6.07) is 3.16. The van der Waals surface area contributed by atoms with Gasteiger partial charge in [-0.2, -0.15) is 10.4 Å². The number of nitriles is 1. The molecule has 102 valence electrons. The fourth-order valence-corrected chi connectivity index (χ4v) is 3.33. The molecule has 1 aromatic rings. The van der Waals surface area contributed by atoms with E-state index in [9.17, 15) is 5.26 Å². The highest BCUT2D eigenvalue weighted by Gasteiger charge is 2.45. The molecule has 3 rings (SSSR count). The maximum absolute atomic E-state index is 9.61. The molecular formula is C14H19ClN4. The highest BCUT2D eigenvalue weighted by atomic mass is 35.5. The van der Waals surface area contributed by atoms with Gasteiger partial charge in [0.15, 0.2) is 0 Å². The summed E-state index contributed by atoms with van der Waals surface area (Å²) in [6.45, 7) is 0.840. The van der Waals surface area contributed by atoms with Crippen LogP contribution in [0.3, 0.4) is 0 Å². The lowest BCUT2D eigenvalue weighted by Gasteiger charge is -2.30. The van der Waals surface area contributed by atoms with Crippen molar-refractivity contribution in [1.82, 2.24) is 15.1 Å². The highest BCUT2D eigenvalue weighted by molar-refractivity contribution is 6.30. The predicted octanol–water partition coefficient (Wildman–Crippen LogP) is 2.74. The summed E-state index contributed by atoms with van der Waals surface area (Å²) in [5.74, 6) is 0.432. The van der Waals surface area contributed by atoms with Crippen LogP contribution >= 0.6 is 11.6 Å². The smallest absolute Gasteiger partial charge is 0.109 e. The Labute approximate surface area is 118 Å².